The number of aryl methyl sites for hydroxylation is 1. The van der Waals surface area contributed by atoms with Gasteiger partial charge in [0.1, 0.15) is 24.9 Å². The van der Waals surface area contributed by atoms with E-state index in [1.807, 2.05) is 80.0 Å². The van der Waals surface area contributed by atoms with Gasteiger partial charge in [-0.05, 0) is 61.2 Å². The van der Waals surface area contributed by atoms with E-state index in [-0.39, 0.29) is 12.3 Å². The highest BCUT2D eigenvalue weighted by molar-refractivity contribution is 7.85. The van der Waals surface area contributed by atoms with Crippen molar-refractivity contribution >= 4 is 44.3 Å². The second-order valence-electron chi connectivity index (χ2n) is 12.4. The van der Waals surface area contributed by atoms with Crippen LogP contribution in [0.25, 0.3) is 33.4 Å². The fourth-order valence-electron chi connectivity index (χ4n) is 5.68. The molecule has 0 atom stereocenters. The number of carbonyl (C=O) groups excluding carboxylic acids is 1. The van der Waals surface area contributed by atoms with Gasteiger partial charge in [0, 0.05) is 85.2 Å². The molecule has 0 aromatic heterocycles. The first-order valence-corrected chi connectivity index (χ1v) is 18.9. The number of anilines is 1. The fourth-order valence-corrected chi connectivity index (χ4v) is 6.35. The smallest absolute Gasteiger partial charge is 0.251 e. The lowest BCUT2D eigenvalue weighted by molar-refractivity contribution is 0.0468. The molecule has 2 aromatic carbocycles. The number of hydrogen-bond donors (Lipinski definition) is 1. The van der Waals surface area contributed by atoms with Gasteiger partial charge in [-0.2, -0.15) is 0 Å². The van der Waals surface area contributed by atoms with Crippen molar-refractivity contribution in [2.24, 2.45) is 0 Å². The van der Waals surface area contributed by atoms with Crippen molar-refractivity contribution in [3.63, 3.8) is 0 Å². The lowest BCUT2D eigenvalue weighted by Crippen LogP contribution is -2.28. The summed E-state index contributed by atoms with van der Waals surface area (Å²) >= 11 is 5.70. The highest BCUT2D eigenvalue weighted by atomic mass is 35.5. The summed E-state index contributed by atoms with van der Waals surface area (Å²) in [4.78, 5) is 15.0. The molecule has 0 radical (unpaired) electrons. The predicted molar refractivity (Wildman–Crippen MR) is 196 cm³/mol. The fraction of sp³-hybridized carbons (Fsp3) is 0.459. The second-order valence-corrected chi connectivity index (χ2v) is 14.3. The molecule has 49 heavy (non-hydrogen) atoms. The van der Waals surface area contributed by atoms with Crippen molar-refractivity contribution in [1.82, 2.24) is 9.89 Å². The standard InChI is InChI=1S/C37H48ClN3O7S/c1-27-24-28(37(42)39-17-20-47-22-21-46-19-8-6-5-7-16-38)10-13-31(27)36-32-14-11-29(40(2)3)25-34(32)48-35-26-30(12-15-33(35)36)41(4)18-9-23-49(43,44)45/h10-15,24-26H,5-9,16-23H2,1-4H3,(H-,39,42,43,44,45). The van der Waals surface area contributed by atoms with E-state index in [0.29, 0.717) is 55.7 Å². The average Bonchev–Trinajstić information content (AvgIpc) is 3.06. The zero-order valence-corrected chi connectivity index (χ0v) is 30.5. The minimum absolute atomic E-state index is 0.169. The number of halogens is 1. The SMILES string of the molecule is Cc1cc(C(=O)NCCOCCOCCCCCCCl)ccc1-c1c2cc/c(=[N+](/C)CCCS(=O)(=O)[O-])cc-2oc2cc(N(C)C)ccc12. The van der Waals surface area contributed by atoms with Crippen LogP contribution in [0, 0.1) is 6.92 Å². The Hall–Kier alpha value is -3.48. The molecule has 2 aromatic rings. The number of ether oxygens (including phenoxy) is 2. The van der Waals surface area contributed by atoms with E-state index in [4.69, 9.17) is 25.5 Å². The summed E-state index contributed by atoms with van der Waals surface area (Å²) in [6.07, 6.45) is 4.54. The molecular formula is C37H48ClN3O7S. The van der Waals surface area contributed by atoms with Gasteiger partial charge in [-0.15, -0.1) is 11.6 Å². The Morgan fingerprint density at radius 1 is 0.918 bits per heavy atom. The third-order valence-corrected chi connectivity index (χ3v) is 9.42. The third kappa shape index (κ3) is 11.3. The Labute approximate surface area is 294 Å². The maximum Gasteiger partial charge on any atom is 0.251 e. The number of rotatable bonds is 19. The zero-order chi connectivity index (χ0) is 35.4. The Kier molecular flexibility index (Phi) is 14.5. The van der Waals surface area contributed by atoms with Crippen LogP contribution in [0.15, 0.2) is 59.0 Å². The van der Waals surface area contributed by atoms with E-state index in [2.05, 4.69) is 17.4 Å². The van der Waals surface area contributed by atoms with E-state index in [0.717, 1.165) is 71.0 Å². The van der Waals surface area contributed by atoms with E-state index in [9.17, 15) is 17.8 Å². The normalized spacial score (nSPS) is 12.4. The molecule has 1 N–H and O–H groups in total. The summed E-state index contributed by atoms with van der Waals surface area (Å²) in [5.74, 6) is 0.789. The highest BCUT2D eigenvalue weighted by Crippen LogP contribution is 2.42. The third-order valence-electron chi connectivity index (χ3n) is 8.37. The molecule has 1 amide bonds. The van der Waals surface area contributed by atoms with Crippen LogP contribution in [0.1, 0.15) is 48.0 Å². The van der Waals surface area contributed by atoms with Crippen LogP contribution in [-0.2, 0) is 19.6 Å². The molecule has 2 aliphatic rings. The molecule has 0 unspecified atom stereocenters. The Morgan fingerprint density at radius 2 is 1.65 bits per heavy atom. The summed E-state index contributed by atoms with van der Waals surface area (Å²) < 4.78 is 52.9. The van der Waals surface area contributed by atoms with E-state index >= 15 is 0 Å². The quantitative estimate of drug-likeness (QED) is 0.0446. The molecule has 0 spiro atoms. The maximum atomic E-state index is 13.0. The van der Waals surface area contributed by atoms with Crippen LogP contribution in [0.5, 0.6) is 0 Å². The van der Waals surface area contributed by atoms with Gasteiger partial charge in [0.2, 0.25) is 5.36 Å². The first-order chi connectivity index (χ1) is 23.5. The van der Waals surface area contributed by atoms with Crippen LogP contribution in [0.3, 0.4) is 0 Å². The van der Waals surface area contributed by atoms with Crippen molar-refractivity contribution in [3.05, 3.63) is 71.1 Å². The van der Waals surface area contributed by atoms with Crippen molar-refractivity contribution < 1.29 is 31.7 Å². The first-order valence-electron chi connectivity index (χ1n) is 16.7. The number of carbonyl (C=O) groups is 1. The maximum absolute atomic E-state index is 13.0. The zero-order valence-electron chi connectivity index (χ0n) is 28.9. The molecule has 266 valence electrons. The summed E-state index contributed by atoms with van der Waals surface area (Å²) in [5.41, 5.74) is 6.06. The van der Waals surface area contributed by atoms with Gasteiger partial charge in [-0.1, -0.05) is 18.9 Å². The molecule has 0 bridgehead atoms. The summed E-state index contributed by atoms with van der Waals surface area (Å²) in [7, 11) is 1.53. The minimum atomic E-state index is -4.27. The van der Waals surface area contributed by atoms with E-state index in [1.165, 1.54) is 0 Å². The predicted octanol–water partition coefficient (Wildman–Crippen LogP) is 5.48. The van der Waals surface area contributed by atoms with Gasteiger partial charge in [-0.25, -0.2) is 13.0 Å². The Bertz CT molecular complexity index is 1860. The summed E-state index contributed by atoms with van der Waals surface area (Å²) in [6, 6.07) is 17.7. The van der Waals surface area contributed by atoms with Gasteiger partial charge in [0.05, 0.1) is 36.0 Å². The lowest BCUT2D eigenvalue weighted by Gasteiger charge is -2.19. The molecule has 1 heterocycles. The molecule has 1 aliphatic carbocycles. The van der Waals surface area contributed by atoms with Crippen molar-refractivity contribution in [2.45, 2.75) is 39.0 Å². The van der Waals surface area contributed by atoms with E-state index < -0.39 is 15.9 Å². The van der Waals surface area contributed by atoms with Crippen LogP contribution < -0.4 is 20.1 Å². The largest absolute Gasteiger partial charge is 0.748 e. The number of fused-ring (bicyclic) bond motifs is 2. The Morgan fingerprint density at radius 3 is 2.37 bits per heavy atom. The minimum Gasteiger partial charge on any atom is -0.748 e. The number of nitrogens with zero attached hydrogens (tertiary/aromatic N) is 2. The van der Waals surface area contributed by atoms with Crippen molar-refractivity contribution in [2.75, 3.05) is 77.2 Å². The highest BCUT2D eigenvalue weighted by Gasteiger charge is 2.21. The van der Waals surface area contributed by atoms with Crippen LogP contribution in [-0.4, -0.2) is 91.2 Å². The van der Waals surface area contributed by atoms with Gasteiger partial charge >= 0.3 is 0 Å². The van der Waals surface area contributed by atoms with Crippen LogP contribution in [0.4, 0.5) is 5.69 Å². The summed E-state index contributed by atoms with van der Waals surface area (Å²) in [5, 5.41) is 4.71. The molecule has 4 rings (SSSR count). The van der Waals surface area contributed by atoms with Gasteiger partial charge in [0.25, 0.3) is 5.91 Å². The van der Waals surface area contributed by atoms with Crippen LogP contribution >= 0.6 is 11.6 Å². The molecule has 0 saturated heterocycles. The number of benzene rings is 3. The first kappa shape index (κ1) is 38.3. The molecule has 10 nitrogen and oxygen atoms in total. The van der Waals surface area contributed by atoms with E-state index in [1.54, 1.807) is 0 Å². The van der Waals surface area contributed by atoms with Gasteiger partial charge in [-0.3, -0.25) is 4.79 Å². The molecule has 0 fully saturated rings. The van der Waals surface area contributed by atoms with Crippen molar-refractivity contribution in [3.8, 4) is 22.5 Å². The molecule has 0 saturated carbocycles. The number of alkyl halides is 1. The van der Waals surface area contributed by atoms with Gasteiger partial charge in [0.15, 0.2) is 0 Å². The summed E-state index contributed by atoms with van der Waals surface area (Å²) in [6.45, 7) is 4.92. The average molecular weight is 714 g/mol. The van der Waals surface area contributed by atoms with Crippen molar-refractivity contribution in [1.29, 1.82) is 0 Å². The second kappa shape index (κ2) is 18.5. The number of amides is 1. The number of unbranched alkanes of at least 4 members (excludes halogenated alkanes) is 3. The Balaban J connectivity index is 1.50. The topological polar surface area (TPSA) is 124 Å². The number of hydrogen-bond acceptors (Lipinski definition) is 8. The molecular weight excluding hydrogens is 666 g/mol. The number of nitrogens with one attached hydrogen (secondary N) is 1. The molecule has 12 heteroatoms. The lowest BCUT2D eigenvalue weighted by atomic mass is 9.90. The van der Waals surface area contributed by atoms with Crippen LogP contribution in [0.2, 0.25) is 0 Å². The van der Waals surface area contributed by atoms with Gasteiger partial charge < -0.3 is 28.7 Å². The molecule has 1 aliphatic heterocycles. The monoisotopic (exact) mass is 713 g/mol.